The molecule has 3 amide bonds. The highest BCUT2D eigenvalue weighted by Crippen LogP contribution is 2.27. The van der Waals surface area contributed by atoms with Crippen LogP contribution >= 0.6 is 0 Å². The fourth-order valence-electron chi connectivity index (χ4n) is 2.27. The van der Waals surface area contributed by atoms with Gasteiger partial charge in [-0.3, -0.25) is 20.0 Å². The zero-order valence-corrected chi connectivity index (χ0v) is 10.5. The maximum Gasteiger partial charge on any atom is 0.328 e. The van der Waals surface area contributed by atoms with E-state index in [9.17, 15) is 9.59 Å². The predicted octanol–water partition coefficient (Wildman–Crippen LogP) is 1.93. The summed E-state index contributed by atoms with van der Waals surface area (Å²) in [4.78, 5) is 29.3. The molecule has 1 aromatic heterocycles. The summed E-state index contributed by atoms with van der Waals surface area (Å²) < 4.78 is 0. The number of hydrogen-bond donors (Lipinski definition) is 1. The molecule has 1 aliphatic heterocycles. The molecule has 96 valence electrons. The Morgan fingerprint density at radius 2 is 2.11 bits per heavy atom. The lowest BCUT2D eigenvalue weighted by Gasteiger charge is -2.31. The first kappa shape index (κ1) is 11.6. The van der Waals surface area contributed by atoms with Crippen molar-refractivity contribution in [2.45, 2.75) is 6.92 Å². The van der Waals surface area contributed by atoms with Crippen LogP contribution < -0.4 is 10.2 Å². The van der Waals surface area contributed by atoms with Crippen LogP contribution in [0.25, 0.3) is 10.9 Å². The third kappa shape index (κ3) is 1.93. The number of aromatic nitrogens is 1. The van der Waals surface area contributed by atoms with Crippen LogP contribution in [0.15, 0.2) is 36.5 Å². The summed E-state index contributed by atoms with van der Waals surface area (Å²) in [5.41, 5.74) is 1.61. The SMILES string of the molecule is CC1CN(c2cccc3ncccc23)C(=O)NC1=O. The van der Waals surface area contributed by atoms with Crippen LogP contribution in [-0.2, 0) is 4.79 Å². The monoisotopic (exact) mass is 255 g/mol. The lowest BCUT2D eigenvalue weighted by molar-refractivity contribution is -0.123. The van der Waals surface area contributed by atoms with E-state index in [1.54, 1.807) is 18.0 Å². The van der Waals surface area contributed by atoms with Crippen LogP contribution in [0.3, 0.4) is 0 Å². The third-order valence-corrected chi connectivity index (χ3v) is 3.29. The van der Waals surface area contributed by atoms with E-state index < -0.39 is 0 Å². The Hall–Kier alpha value is -2.43. The Morgan fingerprint density at radius 3 is 2.95 bits per heavy atom. The van der Waals surface area contributed by atoms with Crippen molar-refractivity contribution in [2.75, 3.05) is 11.4 Å². The second-order valence-electron chi connectivity index (χ2n) is 4.65. The van der Waals surface area contributed by atoms with Gasteiger partial charge in [-0.2, -0.15) is 0 Å². The normalized spacial score (nSPS) is 19.6. The Labute approximate surface area is 110 Å². The molecule has 1 aromatic carbocycles. The maximum atomic E-state index is 12.0. The number of imide groups is 1. The quantitative estimate of drug-likeness (QED) is 0.846. The summed E-state index contributed by atoms with van der Waals surface area (Å²) in [6.07, 6.45) is 1.72. The number of benzene rings is 1. The molecule has 19 heavy (non-hydrogen) atoms. The number of carbonyl (C=O) groups excluding carboxylic acids is 2. The molecule has 0 saturated carbocycles. The van der Waals surface area contributed by atoms with Gasteiger partial charge in [-0.05, 0) is 24.3 Å². The van der Waals surface area contributed by atoms with Gasteiger partial charge in [0.05, 0.1) is 17.1 Å². The molecule has 1 saturated heterocycles. The average Bonchev–Trinajstić information content (AvgIpc) is 2.42. The molecule has 2 aromatic rings. The van der Waals surface area contributed by atoms with Crippen molar-refractivity contribution in [1.29, 1.82) is 0 Å². The number of carbonyl (C=O) groups is 2. The van der Waals surface area contributed by atoms with Crippen LogP contribution in [0.5, 0.6) is 0 Å². The van der Waals surface area contributed by atoms with Crippen molar-refractivity contribution in [3.8, 4) is 0 Å². The average molecular weight is 255 g/mol. The summed E-state index contributed by atoms with van der Waals surface area (Å²) >= 11 is 0. The molecule has 1 atom stereocenters. The van der Waals surface area contributed by atoms with Gasteiger partial charge in [0.1, 0.15) is 0 Å². The molecule has 1 N–H and O–H groups in total. The molecule has 0 spiro atoms. The van der Waals surface area contributed by atoms with Crippen molar-refractivity contribution < 1.29 is 9.59 Å². The summed E-state index contributed by atoms with van der Waals surface area (Å²) in [6, 6.07) is 9.01. The van der Waals surface area contributed by atoms with Crippen molar-refractivity contribution in [1.82, 2.24) is 10.3 Å². The number of nitrogens with zero attached hydrogens (tertiary/aromatic N) is 2. The van der Waals surface area contributed by atoms with E-state index >= 15 is 0 Å². The smallest absolute Gasteiger partial charge is 0.293 e. The molecule has 0 radical (unpaired) electrons. The van der Waals surface area contributed by atoms with Gasteiger partial charge >= 0.3 is 6.03 Å². The second kappa shape index (κ2) is 4.35. The fourth-order valence-corrected chi connectivity index (χ4v) is 2.27. The third-order valence-electron chi connectivity index (χ3n) is 3.29. The first-order valence-corrected chi connectivity index (χ1v) is 6.13. The molecule has 2 heterocycles. The fraction of sp³-hybridized carbons (Fsp3) is 0.214. The first-order valence-electron chi connectivity index (χ1n) is 6.13. The van der Waals surface area contributed by atoms with E-state index in [0.717, 1.165) is 16.6 Å². The number of fused-ring (bicyclic) bond motifs is 1. The minimum atomic E-state index is -0.376. The zero-order valence-electron chi connectivity index (χ0n) is 10.5. The van der Waals surface area contributed by atoms with E-state index in [-0.39, 0.29) is 17.9 Å². The zero-order chi connectivity index (χ0) is 13.4. The van der Waals surface area contributed by atoms with Crippen LogP contribution in [0.4, 0.5) is 10.5 Å². The molecule has 5 heteroatoms. The number of amides is 3. The van der Waals surface area contributed by atoms with Crippen molar-refractivity contribution in [2.24, 2.45) is 5.92 Å². The minimum absolute atomic E-state index is 0.218. The largest absolute Gasteiger partial charge is 0.328 e. The van der Waals surface area contributed by atoms with Gasteiger partial charge < -0.3 is 0 Å². The van der Waals surface area contributed by atoms with Crippen LogP contribution in [-0.4, -0.2) is 23.5 Å². The van der Waals surface area contributed by atoms with Gasteiger partial charge in [-0.15, -0.1) is 0 Å². The van der Waals surface area contributed by atoms with Gasteiger partial charge in [0.2, 0.25) is 5.91 Å². The highest BCUT2D eigenvalue weighted by Gasteiger charge is 2.30. The Bertz CT molecular complexity index is 663. The van der Waals surface area contributed by atoms with Crippen molar-refractivity contribution >= 4 is 28.5 Å². The number of rotatable bonds is 1. The van der Waals surface area contributed by atoms with Gasteiger partial charge in [0.15, 0.2) is 0 Å². The van der Waals surface area contributed by atoms with Gasteiger partial charge in [0.25, 0.3) is 0 Å². The Kier molecular flexibility index (Phi) is 2.67. The molecular formula is C14H13N3O2. The highest BCUT2D eigenvalue weighted by atomic mass is 16.2. The number of hydrogen-bond acceptors (Lipinski definition) is 3. The predicted molar refractivity (Wildman–Crippen MR) is 71.8 cm³/mol. The topological polar surface area (TPSA) is 62.3 Å². The molecule has 5 nitrogen and oxygen atoms in total. The Morgan fingerprint density at radius 1 is 1.26 bits per heavy atom. The van der Waals surface area contributed by atoms with E-state index in [4.69, 9.17) is 0 Å². The Balaban J connectivity index is 2.09. The second-order valence-corrected chi connectivity index (χ2v) is 4.65. The highest BCUT2D eigenvalue weighted by molar-refractivity contribution is 6.10. The van der Waals surface area contributed by atoms with Crippen molar-refractivity contribution in [3.63, 3.8) is 0 Å². The molecule has 0 bridgehead atoms. The van der Waals surface area contributed by atoms with E-state index in [0.29, 0.717) is 6.54 Å². The lowest BCUT2D eigenvalue weighted by Crippen LogP contribution is -2.54. The van der Waals surface area contributed by atoms with Gasteiger partial charge in [0, 0.05) is 18.1 Å². The first-order chi connectivity index (χ1) is 9.16. The van der Waals surface area contributed by atoms with E-state index in [1.165, 1.54) is 0 Å². The van der Waals surface area contributed by atoms with Gasteiger partial charge in [-0.25, -0.2) is 4.79 Å². The van der Waals surface area contributed by atoms with E-state index in [2.05, 4.69) is 10.3 Å². The van der Waals surface area contributed by atoms with Gasteiger partial charge in [-0.1, -0.05) is 13.0 Å². The molecule has 3 rings (SSSR count). The summed E-state index contributed by atoms with van der Waals surface area (Å²) in [6.45, 7) is 2.19. The number of pyridine rings is 1. The van der Waals surface area contributed by atoms with Crippen LogP contribution in [0.1, 0.15) is 6.92 Å². The molecular weight excluding hydrogens is 242 g/mol. The lowest BCUT2D eigenvalue weighted by atomic mass is 10.1. The number of anilines is 1. The standard InChI is InChI=1S/C14H13N3O2/c1-9-8-17(14(19)16-13(9)18)12-6-2-5-11-10(12)4-3-7-15-11/h2-7,9H,8H2,1H3,(H,16,18,19). The summed E-state index contributed by atoms with van der Waals surface area (Å²) in [5, 5.41) is 3.27. The minimum Gasteiger partial charge on any atom is -0.293 e. The summed E-state index contributed by atoms with van der Waals surface area (Å²) in [5.74, 6) is -0.441. The molecule has 1 unspecified atom stereocenters. The summed E-state index contributed by atoms with van der Waals surface area (Å²) in [7, 11) is 0. The van der Waals surface area contributed by atoms with Crippen LogP contribution in [0, 0.1) is 5.92 Å². The van der Waals surface area contributed by atoms with Crippen LogP contribution in [0.2, 0.25) is 0 Å². The maximum absolute atomic E-state index is 12.0. The molecule has 1 aliphatic rings. The van der Waals surface area contributed by atoms with E-state index in [1.807, 2.05) is 30.3 Å². The molecule has 0 aliphatic carbocycles. The number of urea groups is 1. The number of nitrogens with one attached hydrogen (secondary N) is 1. The molecule has 1 fully saturated rings. The van der Waals surface area contributed by atoms with Crippen molar-refractivity contribution in [3.05, 3.63) is 36.5 Å².